The molecule has 1 amide bonds. The summed E-state index contributed by atoms with van der Waals surface area (Å²) in [6.45, 7) is 7.38. The number of methoxy groups -OCH3 is 2. The van der Waals surface area contributed by atoms with Crippen molar-refractivity contribution in [3.05, 3.63) is 0 Å². The number of hydrogen-bond donors (Lipinski definition) is 1. The minimum atomic E-state index is -0.269. The van der Waals surface area contributed by atoms with E-state index >= 15 is 0 Å². The van der Waals surface area contributed by atoms with E-state index in [1.165, 1.54) is 21.1 Å². The lowest BCUT2D eigenvalue weighted by atomic mass is 10.1. The van der Waals surface area contributed by atoms with Gasteiger partial charge in [0.15, 0.2) is 5.69 Å². The molecule has 96 valence electrons. The number of amides is 1. The second kappa shape index (κ2) is 4.65. The van der Waals surface area contributed by atoms with E-state index in [0.29, 0.717) is 17.4 Å². The SMILES string of the molecule is COc1nn(C(C)(C)C)c(OC)c1NC(C)=O. The van der Waals surface area contributed by atoms with Crippen molar-refractivity contribution in [1.82, 2.24) is 9.78 Å². The second-order valence-corrected chi connectivity index (χ2v) is 4.66. The molecule has 0 aromatic carbocycles. The predicted octanol–water partition coefficient (Wildman–Crippen LogP) is 1.61. The second-order valence-electron chi connectivity index (χ2n) is 4.66. The first-order chi connectivity index (χ1) is 7.81. The molecule has 0 unspecified atom stereocenters. The van der Waals surface area contributed by atoms with Crippen LogP contribution in [0.5, 0.6) is 11.8 Å². The van der Waals surface area contributed by atoms with Gasteiger partial charge in [0.1, 0.15) is 0 Å². The van der Waals surface area contributed by atoms with Gasteiger partial charge in [-0.25, -0.2) is 4.68 Å². The number of ether oxygens (including phenoxy) is 2. The van der Waals surface area contributed by atoms with Crippen molar-refractivity contribution in [1.29, 1.82) is 0 Å². The van der Waals surface area contributed by atoms with Gasteiger partial charge in [0.2, 0.25) is 11.8 Å². The van der Waals surface area contributed by atoms with Gasteiger partial charge in [0.25, 0.3) is 5.88 Å². The van der Waals surface area contributed by atoms with E-state index in [-0.39, 0.29) is 11.4 Å². The Labute approximate surface area is 101 Å². The van der Waals surface area contributed by atoms with Crippen LogP contribution in [0.3, 0.4) is 0 Å². The van der Waals surface area contributed by atoms with E-state index in [1.807, 2.05) is 20.8 Å². The van der Waals surface area contributed by atoms with Gasteiger partial charge < -0.3 is 14.8 Å². The Bertz CT molecular complexity index is 418. The molecule has 0 saturated carbocycles. The first-order valence-corrected chi connectivity index (χ1v) is 5.30. The molecular weight excluding hydrogens is 222 g/mol. The highest BCUT2D eigenvalue weighted by Gasteiger charge is 2.27. The maximum atomic E-state index is 11.1. The molecule has 0 spiro atoms. The average molecular weight is 241 g/mol. The summed E-state index contributed by atoms with van der Waals surface area (Å²) in [7, 11) is 3.03. The third-order valence-electron chi connectivity index (χ3n) is 2.13. The predicted molar refractivity (Wildman–Crippen MR) is 64.6 cm³/mol. The first-order valence-electron chi connectivity index (χ1n) is 5.30. The van der Waals surface area contributed by atoms with Gasteiger partial charge in [0, 0.05) is 6.92 Å². The maximum absolute atomic E-state index is 11.1. The van der Waals surface area contributed by atoms with Crippen molar-refractivity contribution in [2.24, 2.45) is 0 Å². The van der Waals surface area contributed by atoms with Gasteiger partial charge in [-0.3, -0.25) is 4.79 Å². The van der Waals surface area contributed by atoms with Crippen LogP contribution in [0.15, 0.2) is 0 Å². The molecule has 0 atom stereocenters. The highest BCUT2D eigenvalue weighted by Crippen LogP contribution is 2.37. The van der Waals surface area contributed by atoms with Crippen LogP contribution >= 0.6 is 0 Å². The highest BCUT2D eigenvalue weighted by atomic mass is 16.5. The lowest BCUT2D eigenvalue weighted by Crippen LogP contribution is -2.24. The zero-order valence-electron chi connectivity index (χ0n) is 11.1. The van der Waals surface area contributed by atoms with Crippen molar-refractivity contribution in [3.8, 4) is 11.8 Å². The fraction of sp³-hybridized carbons (Fsp3) is 0.636. The molecule has 6 nitrogen and oxygen atoms in total. The number of nitrogens with zero attached hydrogens (tertiary/aromatic N) is 2. The van der Waals surface area contributed by atoms with Crippen LogP contribution in [0.4, 0.5) is 5.69 Å². The molecule has 6 heteroatoms. The van der Waals surface area contributed by atoms with Gasteiger partial charge in [0.05, 0.1) is 19.8 Å². The van der Waals surface area contributed by atoms with Crippen LogP contribution in [0, 0.1) is 0 Å². The summed E-state index contributed by atoms with van der Waals surface area (Å²) in [6.07, 6.45) is 0. The molecule has 0 saturated heterocycles. The summed E-state index contributed by atoms with van der Waals surface area (Å²) in [5.74, 6) is 0.617. The number of aromatic nitrogens is 2. The molecule has 1 N–H and O–H groups in total. The Balaban J connectivity index is 3.35. The molecule has 0 aliphatic heterocycles. The third kappa shape index (κ3) is 2.69. The standard InChI is InChI=1S/C11H19N3O3/c1-7(15)12-8-9(16-5)13-14(10(8)17-6)11(2,3)4/h1-6H3,(H,12,15). The van der Waals surface area contributed by atoms with E-state index in [4.69, 9.17) is 9.47 Å². The van der Waals surface area contributed by atoms with Gasteiger partial charge in [-0.1, -0.05) is 0 Å². The molecule has 0 radical (unpaired) electrons. The summed E-state index contributed by atoms with van der Waals surface area (Å²) in [5, 5.41) is 6.94. The van der Waals surface area contributed by atoms with Crippen molar-refractivity contribution >= 4 is 11.6 Å². The normalized spacial score (nSPS) is 11.2. The lowest BCUT2D eigenvalue weighted by molar-refractivity contribution is -0.114. The van der Waals surface area contributed by atoms with Crippen molar-refractivity contribution in [2.45, 2.75) is 33.2 Å². The number of anilines is 1. The van der Waals surface area contributed by atoms with E-state index in [9.17, 15) is 4.79 Å². The number of carbonyl (C=O) groups excluding carboxylic acids is 1. The molecule has 0 bridgehead atoms. The summed E-state index contributed by atoms with van der Waals surface area (Å²) in [6, 6.07) is 0. The van der Waals surface area contributed by atoms with Crippen LogP contribution in [-0.2, 0) is 10.3 Å². The van der Waals surface area contributed by atoms with Crippen LogP contribution in [-0.4, -0.2) is 29.9 Å². The Morgan fingerprint density at radius 2 is 1.88 bits per heavy atom. The fourth-order valence-corrected chi connectivity index (χ4v) is 1.45. The lowest BCUT2D eigenvalue weighted by Gasteiger charge is -2.21. The Kier molecular flexibility index (Phi) is 3.65. The fourth-order valence-electron chi connectivity index (χ4n) is 1.45. The van der Waals surface area contributed by atoms with Gasteiger partial charge in [-0.05, 0) is 20.8 Å². The molecular formula is C11H19N3O3. The van der Waals surface area contributed by atoms with E-state index in [1.54, 1.807) is 4.68 Å². The number of rotatable bonds is 3. The molecule has 0 aliphatic carbocycles. The minimum absolute atomic E-state index is 0.199. The average Bonchev–Trinajstić information content (AvgIpc) is 2.54. The van der Waals surface area contributed by atoms with E-state index in [0.717, 1.165) is 0 Å². The molecule has 1 heterocycles. The van der Waals surface area contributed by atoms with Crippen LogP contribution in [0.1, 0.15) is 27.7 Å². The quantitative estimate of drug-likeness (QED) is 0.873. The van der Waals surface area contributed by atoms with Crippen molar-refractivity contribution < 1.29 is 14.3 Å². The van der Waals surface area contributed by atoms with Crippen molar-refractivity contribution in [2.75, 3.05) is 19.5 Å². The number of hydrogen-bond acceptors (Lipinski definition) is 4. The van der Waals surface area contributed by atoms with Crippen LogP contribution < -0.4 is 14.8 Å². The Morgan fingerprint density at radius 3 is 2.24 bits per heavy atom. The zero-order chi connectivity index (χ0) is 13.2. The molecule has 1 aromatic heterocycles. The van der Waals surface area contributed by atoms with Crippen LogP contribution in [0.2, 0.25) is 0 Å². The summed E-state index contributed by atoms with van der Waals surface area (Å²) in [5.41, 5.74) is 0.187. The van der Waals surface area contributed by atoms with Gasteiger partial charge in [-0.2, -0.15) is 0 Å². The van der Waals surface area contributed by atoms with Crippen molar-refractivity contribution in [3.63, 3.8) is 0 Å². The Morgan fingerprint density at radius 1 is 1.29 bits per heavy atom. The Hall–Kier alpha value is -1.72. The smallest absolute Gasteiger partial charge is 0.260 e. The molecule has 1 aromatic rings. The first kappa shape index (κ1) is 13.3. The van der Waals surface area contributed by atoms with E-state index < -0.39 is 0 Å². The third-order valence-corrected chi connectivity index (χ3v) is 2.13. The number of nitrogens with one attached hydrogen (secondary N) is 1. The van der Waals surface area contributed by atoms with Crippen LogP contribution in [0.25, 0.3) is 0 Å². The molecule has 17 heavy (non-hydrogen) atoms. The molecule has 1 rings (SSSR count). The van der Waals surface area contributed by atoms with Gasteiger partial charge >= 0.3 is 0 Å². The summed E-state index contributed by atoms with van der Waals surface area (Å²) < 4.78 is 12.1. The largest absolute Gasteiger partial charge is 0.480 e. The minimum Gasteiger partial charge on any atom is -0.480 e. The summed E-state index contributed by atoms with van der Waals surface area (Å²) in [4.78, 5) is 11.1. The number of carbonyl (C=O) groups is 1. The maximum Gasteiger partial charge on any atom is 0.260 e. The topological polar surface area (TPSA) is 65.4 Å². The molecule has 0 fully saturated rings. The van der Waals surface area contributed by atoms with Gasteiger partial charge in [-0.15, -0.1) is 5.10 Å². The highest BCUT2D eigenvalue weighted by molar-refractivity contribution is 5.91. The zero-order valence-corrected chi connectivity index (χ0v) is 11.1. The molecule has 0 aliphatic rings. The monoisotopic (exact) mass is 241 g/mol. The summed E-state index contributed by atoms with van der Waals surface area (Å²) >= 11 is 0. The van der Waals surface area contributed by atoms with E-state index in [2.05, 4.69) is 10.4 Å².